The van der Waals surface area contributed by atoms with Gasteiger partial charge in [0, 0.05) is 36.2 Å². The Labute approximate surface area is 134 Å². The van der Waals surface area contributed by atoms with Gasteiger partial charge in [-0.15, -0.1) is 0 Å². The number of nitrogens with one attached hydrogen (secondary N) is 2. The predicted octanol–water partition coefficient (Wildman–Crippen LogP) is 1.27. The van der Waals surface area contributed by atoms with Crippen LogP contribution in [0.3, 0.4) is 0 Å². The second-order valence-corrected chi connectivity index (χ2v) is 6.30. The minimum Gasteiger partial charge on any atom is -0.497 e. The van der Waals surface area contributed by atoms with Gasteiger partial charge in [-0.2, -0.15) is 0 Å². The van der Waals surface area contributed by atoms with Crippen LogP contribution in [-0.2, 0) is 16.1 Å². The molecule has 0 unspecified atom stereocenters. The summed E-state index contributed by atoms with van der Waals surface area (Å²) in [5.41, 5.74) is 2.29. The Hall–Kier alpha value is -2.05. The van der Waals surface area contributed by atoms with Crippen molar-refractivity contribution in [3.8, 4) is 5.75 Å². The molecule has 2 fully saturated rings. The second kappa shape index (κ2) is 5.86. The van der Waals surface area contributed by atoms with Gasteiger partial charge in [0.2, 0.25) is 5.91 Å². The SMILES string of the molecule is COc1ccc2[nH]c(CN3CC[C@H]4OCC(=O)N[C@H]4C3)cc2c1. The molecule has 0 aliphatic carbocycles. The van der Waals surface area contributed by atoms with E-state index in [-0.39, 0.29) is 24.7 Å². The van der Waals surface area contributed by atoms with Crippen molar-refractivity contribution in [3.05, 3.63) is 30.0 Å². The normalized spacial score (nSPS) is 25.2. The second-order valence-electron chi connectivity index (χ2n) is 6.30. The molecule has 0 spiro atoms. The summed E-state index contributed by atoms with van der Waals surface area (Å²) in [6.07, 6.45) is 1.12. The van der Waals surface area contributed by atoms with Gasteiger partial charge in [0.25, 0.3) is 0 Å². The van der Waals surface area contributed by atoms with Gasteiger partial charge in [-0.1, -0.05) is 0 Å². The van der Waals surface area contributed by atoms with E-state index in [4.69, 9.17) is 9.47 Å². The zero-order valence-electron chi connectivity index (χ0n) is 13.2. The first-order valence-electron chi connectivity index (χ1n) is 8.00. The van der Waals surface area contributed by atoms with Gasteiger partial charge in [-0.25, -0.2) is 0 Å². The highest BCUT2D eigenvalue weighted by Gasteiger charge is 2.34. The molecule has 6 heteroatoms. The zero-order valence-corrected chi connectivity index (χ0v) is 13.2. The molecule has 122 valence electrons. The average molecular weight is 315 g/mol. The fourth-order valence-corrected chi connectivity index (χ4v) is 3.53. The number of rotatable bonds is 3. The molecule has 1 amide bonds. The number of likely N-dealkylation sites (tertiary alicyclic amines) is 1. The minimum atomic E-state index is -0.00851. The topological polar surface area (TPSA) is 66.6 Å². The summed E-state index contributed by atoms with van der Waals surface area (Å²) >= 11 is 0. The Morgan fingerprint density at radius 2 is 2.30 bits per heavy atom. The highest BCUT2D eigenvalue weighted by molar-refractivity contribution is 5.82. The van der Waals surface area contributed by atoms with Crippen molar-refractivity contribution in [1.29, 1.82) is 0 Å². The highest BCUT2D eigenvalue weighted by atomic mass is 16.5. The van der Waals surface area contributed by atoms with Crippen LogP contribution < -0.4 is 10.1 Å². The molecule has 6 nitrogen and oxygen atoms in total. The molecule has 2 atom stereocenters. The average Bonchev–Trinajstić information content (AvgIpc) is 2.95. The molecule has 0 radical (unpaired) electrons. The quantitative estimate of drug-likeness (QED) is 0.895. The van der Waals surface area contributed by atoms with Gasteiger partial charge in [0.1, 0.15) is 12.4 Å². The number of aromatic amines is 1. The summed E-state index contributed by atoms with van der Waals surface area (Å²) in [6.45, 7) is 2.85. The van der Waals surface area contributed by atoms with Gasteiger partial charge in [-0.3, -0.25) is 9.69 Å². The third-order valence-electron chi connectivity index (χ3n) is 4.69. The van der Waals surface area contributed by atoms with E-state index in [0.29, 0.717) is 0 Å². The van der Waals surface area contributed by atoms with E-state index in [9.17, 15) is 4.79 Å². The van der Waals surface area contributed by atoms with E-state index >= 15 is 0 Å². The van der Waals surface area contributed by atoms with E-state index in [1.54, 1.807) is 7.11 Å². The monoisotopic (exact) mass is 315 g/mol. The first kappa shape index (κ1) is 14.5. The number of ether oxygens (including phenoxy) is 2. The number of aromatic nitrogens is 1. The Morgan fingerprint density at radius 3 is 3.17 bits per heavy atom. The number of fused-ring (bicyclic) bond motifs is 2. The third kappa shape index (κ3) is 2.92. The van der Waals surface area contributed by atoms with Crippen LogP contribution in [0.2, 0.25) is 0 Å². The Balaban J connectivity index is 1.46. The molecule has 0 bridgehead atoms. The third-order valence-corrected chi connectivity index (χ3v) is 4.69. The van der Waals surface area contributed by atoms with Gasteiger partial charge in [0.05, 0.1) is 19.3 Å². The van der Waals surface area contributed by atoms with Crippen molar-refractivity contribution in [3.63, 3.8) is 0 Å². The number of amides is 1. The van der Waals surface area contributed by atoms with Crippen LogP contribution >= 0.6 is 0 Å². The number of benzene rings is 1. The van der Waals surface area contributed by atoms with Crippen molar-refractivity contribution in [1.82, 2.24) is 15.2 Å². The van der Waals surface area contributed by atoms with E-state index in [2.05, 4.69) is 21.3 Å². The molecule has 2 saturated heterocycles. The molecule has 4 rings (SSSR count). The smallest absolute Gasteiger partial charge is 0.246 e. The Kier molecular flexibility index (Phi) is 3.71. The van der Waals surface area contributed by atoms with Crippen LogP contribution in [0.1, 0.15) is 12.1 Å². The maximum absolute atomic E-state index is 11.5. The first-order chi connectivity index (χ1) is 11.2. The lowest BCUT2D eigenvalue weighted by molar-refractivity contribution is -0.140. The molecule has 3 heterocycles. The molecule has 2 aliphatic rings. The summed E-state index contributed by atoms with van der Waals surface area (Å²) in [4.78, 5) is 17.3. The first-order valence-corrected chi connectivity index (χ1v) is 8.00. The number of morpholine rings is 1. The van der Waals surface area contributed by atoms with E-state index < -0.39 is 0 Å². The molecule has 0 saturated carbocycles. The van der Waals surface area contributed by atoms with Gasteiger partial charge in [-0.05, 0) is 30.7 Å². The Morgan fingerprint density at radius 1 is 1.39 bits per heavy atom. The number of hydrogen-bond acceptors (Lipinski definition) is 4. The van der Waals surface area contributed by atoms with Crippen LogP contribution in [0.5, 0.6) is 5.75 Å². The van der Waals surface area contributed by atoms with Gasteiger partial charge in [0.15, 0.2) is 0 Å². The van der Waals surface area contributed by atoms with Crippen LogP contribution in [0.15, 0.2) is 24.3 Å². The van der Waals surface area contributed by atoms with Gasteiger partial charge < -0.3 is 19.8 Å². The number of carbonyl (C=O) groups is 1. The van der Waals surface area contributed by atoms with Crippen LogP contribution in [-0.4, -0.2) is 54.7 Å². The highest BCUT2D eigenvalue weighted by Crippen LogP contribution is 2.24. The number of piperidine rings is 1. The summed E-state index contributed by atoms with van der Waals surface area (Å²) in [7, 11) is 1.68. The molecule has 23 heavy (non-hydrogen) atoms. The van der Waals surface area contributed by atoms with Crippen LogP contribution in [0.4, 0.5) is 0 Å². The maximum atomic E-state index is 11.5. The van der Waals surface area contributed by atoms with E-state index in [1.165, 1.54) is 5.69 Å². The van der Waals surface area contributed by atoms with Crippen molar-refractivity contribution in [2.24, 2.45) is 0 Å². The summed E-state index contributed by atoms with van der Waals surface area (Å²) in [5.74, 6) is 0.858. The number of H-pyrrole nitrogens is 1. The van der Waals surface area contributed by atoms with Crippen molar-refractivity contribution >= 4 is 16.8 Å². The van der Waals surface area contributed by atoms with Crippen LogP contribution in [0.25, 0.3) is 10.9 Å². The zero-order chi connectivity index (χ0) is 15.8. The molecule has 1 aromatic heterocycles. The van der Waals surface area contributed by atoms with Crippen molar-refractivity contribution in [2.75, 3.05) is 26.8 Å². The molecule has 1 aromatic carbocycles. The lowest BCUT2D eigenvalue weighted by Crippen LogP contribution is -2.60. The number of methoxy groups -OCH3 is 1. The standard InChI is InChI=1S/C17H21N3O3/c1-22-13-2-3-14-11(7-13)6-12(18-14)8-20-5-4-16-15(9-20)19-17(21)10-23-16/h2-3,6-7,15-16,18H,4-5,8-10H2,1H3,(H,19,21)/t15-,16+/m0/s1. The van der Waals surface area contributed by atoms with E-state index in [0.717, 1.165) is 42.7 Å². The lowest BCUT2D eigenvalue weighted by Gasteiger charge is -2.40. The fraction of sp³-hybridized carbons (Fsp3) is 0.471. The molecule has 2 aromatic rings. The maximum Gasteiger partial charge on any atom is 0.246 e. The molecular weight excluding hydrogens is 294 g/mol. The number of carbonyl (C=O) groups excluding carboxylic acids is 1. The molecule has 2 N–H and O–H groups in total. The fourth-order valence-electron chi connectivity index (χ4n) is 3.53. The summed E-state index contributed by atoms with van der Waals surface area (Å²) in [5, 5.41) is 4.20. The lowest BCUT2D eigenvalue weighted by atomic mass is 10.0. The van der Waals surface area contributed by atoms with Crippen molar-refractivity contribution in [2.45, 2.75) is 25.1 Å². The van der Waals surface area contributed by atoms with Crippen molar-refractivity contribution < 1.29 is 14.3 Å². The Bertz CT molecular complexity index is 727. The molecular formula is C17H21N3O3. The molecule has 2 aliphatic heterocycles. The number of nitrogens with zero attached hydrogens (tertiary/aromatic N) is 1. The largest absolute Gasteiger partial charge is 0.497 e. The van der Waals surface area contributed by atoms with Gasteiger partial charge >= 0.3 is 0 Å². The predicted molar refractivity (Wildman–Crippen MR) is 86.4 cm³/mol. The minimum absolute atomic E-state index is 0.00851. The van der Waals surface area contributed by atoms with E-state index in [1.807, 2.05) is 18.2 Å². The van der Waals surface area contributed by atoms with Crippen LogP contribution in [0, 0.1) is 0 Å². The summed E-state index contributed by atoms with van der Waals surface area (Å²) < 4.78 is 10.9. The number of hydrogen-bond donors (Lipinski definition) is 2. The summed E-state index contributed by atoms with van der Waals surface area (Å²) in [6, 6.07) is 8.31.